The fraction of sp³-hybridized carbons (Fsp3) is 0.500. The monoisotopic (exact) mass is 475 g/mol. The van der Waals surface area contributed by atoms with E-state index < -0.39 is 22.4 Å². The number of amides is 1. The molecule has 9 heteroatoms. The molecule has 1 aliphatic carbocycles. The molecule has 1 saturated heterocycles. The van der Waals surface area contributed by atoms with Crippen LogP contribution in [-0.2, 0) is 26.0 Å². The van der Waals surface area contributed by atoms with Gasteiger partial charge in [0.05, 0.1) is 17.8 Å². The molecule has 1 aromatic carbocycles. The maximum absolute atomic E-state index is 13.1. The molecule has 33 heavy (non-hydrogen) atoms. The Morgan fingerprint density at radius 2 is 1.76 bits per heavy atom. The first-order valence-corrected chi connectivity index (χ1v) is 13.2. The summed E-state index contributed by atoms with van der Waals surface area (Å²) in [6.07, 6.45) is 6.61. The molecule has 2 aliphatic rings. The van der Waals surface area contributed by atoms with Gasteiger partial charge in [0.2, 0.25) is 5.76 Å². The predicted molar refractivity (Wildman–Crippen MR) is 121 cm³/mol. The van der Waals surface area contributed by atoms with Crippen LogP contribution in [0.5, 0.6) is 5.75 Å². The zero-order chi connectivity index (χ0) is 23.3. The highest BCUT2D eigenvalue weighted by atomic mass is 32.2. The van der Waals surface area contributed by atoms with Crippen LogP contribution in [0.1, 0.15) is 54.6 Å². The van der Waals surface area contributed by atoms with E-state index in [1.165, 1.54) is 6.26 Å². The maximum Gasteiger partial charge on any atom is 0.375 e. The third-order valence-corrected chi connectivity index (χ3v) is 8.00. The molecule has 0 bridgehead atoms. The molecule has 4 rings (SSSR count). The molecule has 8 nitrogen and oxygen atoms in total. The average molecular weight is 476 g/mol. The van der Waals surface area contributed by atoms with Crippen LogP contribution in [0.3, 0.4) is 0 Å². The molecule has 2 fully saturated rings. The Balaban J connectivity index is 1.38. The highest BCUT2D eigenvalue weighted by molar-refractivity contribution is 7.91. The van der Waals surface area contributed by atoms with Gasteiger partial charge in [-0.2, -0.15) is 0 Å². The summed E-state index contributed by atoms with van der Waals surface area (Å²) in [7, 11) is -3.14. The number of ether oxygens (including phenoxy) is 2. The van der Waals surface area contributed by atoms with Crippen LogP contribution in [0.15, 0.2) is 47.1 Å². The van der Waals surface area contributed by atoms with Gasteiger partial charge in [-0.3, -0.25) is 4.79 Å². The van der Waals surface area contributed by atoms with E-state index in [4.69, 9.17) is 13.9 Å². The van der Waals surface area contributed by atoms with E-state index in [0.717, 1.165) is 32.1 Å². The summed E-state index contributed by atoms with van der Waals surface area (Å²) in [5.74, 6) is -0.393. The van der Waals surface area contributed by atoms with Crippen molar-refractivity contribution in [2.24, 2.45) is 0 Å². The Morgan fingerprint density at radius 1 is 1.00 bits per heavy atom. The molecule has 2 aromatic rings. The number of hydrogen-bond donors (Lipinski definition) is 0. The smallest absolute Gasteiger partial charge is 0.375 e. The van der Waals surface area contributed by atoms with Crippen molar-refractivity contribution in [1.29, 1.82) is 0 Å². The minimum Gasteiger partial charge on any atom is -0.489 e. The Bertz CT molecular complexity index is 1060. The van der Waals surface area contributed by atoms with Gasteiger partial charge in [0, 0.05) is 17.6 Å². The van der Waals surface area contributed by atoms with Crippen LogP contribution >= 0.6 is 0 Å². The standard InChI is InChI=1S/C24H29NO7S/c26-22(25(19-7-3-1-4-8-19)20-12-14-33(28,29)17-20)16-32-24(27)23-18(11-13-30-23)15-31-21-9-5-2-6-10-21/h2,5-6,9-11,13,19-20H,1,3-4,7-8,12,14-17H2. The lowest BCUT2D eigenvalue weighted by atomic mass is 9.93. The van der Waals surface area contributed by atoms with E-state index in [2.05, 4.69) is 0 Å². The van der Waals surface area contributed by atoms with Crippen molar-refractivity contribution in [3.63, 3.8) is 0 Å². The van der Waals surface area contributed by atoms with Crippen molar-refractivity contribution in [3.05, 3.63) is 54.0 Å². The van der Waals surface area contributed by atoms with E-state index >= 15 is 0 Å². The first-order chi connectivity index (χ1) is 15.9. The zero-order valence-corrected chi connectivity index (χ0v) is 19.3. The van der Waals surface area contributed by atoms with E-state index in [9.17, 15) is 18.0 Å². The number of furan rings is 1. The molecular weight excluding hydrogens is 446 g/mol. The van der Waals surface area contributed by atoms with E-state index in [-0.39, 0.29) is 41.9 Å². The number of esters is 1. The van der Waals surface area contributed by atoms with Crippen LogP contribution < -0.4 is 4.74 Å². The van der Waals surface area contributed by atoms with E-state index in [1.54, 1.807) is 23.1 Å². The Labute approximate surface area is 193 Å². The van der Waals surface area contributed by atoms with Crippen LogP contribution in [0.25, 0.3) is 0 Å². The molecule has 1 saturated carbocycles. The van der Waals surface area contributed by atoms with Crippen molar-refractivity contribution < 1.29 is 31.9 Å². The summed E-state index contributed by atoms with van der Waals surface area (Å²) in [5, 5.41) is 0. The Hall–Kier alpha value is -2.81. The largest absolute Gasteiger partial charge is 0.489 e. The van der Waals surface area contributed by atoms with Gasteiger partial charge >= 0.3 is 5.97 Å². The number of carbonyl (C=O) groups excluding carboxylic acids is 2. The number of rotatable bonds is 8. The molecule has 1 unspecified atom stereocenters. The molecule has 0 N–H and O–H groups in total. The summed E-state index contributed by atoms with van der Waals surface area (Å²) >= 11 is 0. The lowest BCUT2D eigenvalue weighted by Gasteiger charge is -2.38. The van der Waals surface area contributed by atoms with Gasteiger partial charge in [0.25, 0.3) is 5.91 Å². The second-order valence-electron chi connectivity index (χ2n) is 8.60. The van der Waals surface area contributed by atoms with Crippen molar-refractivity contribution in [1.82, 2.24) is 4.90 Å². The quantitative estimate of drug-likeness (QED) is 0.539. The summed E-state index contributed by atoms with van der Waals surface area (Å²) in [4.78, 5) is 27.4. The molecule has 2 heterocycles. The van der Waals surface area contributed by atoms with E-state index in [0.29, 0.717) is 17.7 Å². The first-order valence-electron chi connectivity index (χ1n) is 11.4. The second kappa shape index (κ2) is 10.4. The minimum absolute atomic E-state index is 0.00797. The number of nitrogens with zero attached hydrogens (tertiary/aromatic N) is 1. The fourth-order valence-electron chi connectivity index (χ4n) is 4.63. The topological polar surface area (TPSA) is 103 Å². The molecule has 0 spiro atoms. The molecule has 1 aliphatic heterocycles. The highest BCUT2D eigenvalue weighted by Gasteiger charge is 2.38. The van der Waals surface area contributed by atoms with Crippen LogP contribution in [0.4, 0.5) is 0 Å². The van der Waals surface area contributed by atoms with E-state index in [1.807, 2.05) is 18.2 Å². The van der Waals surface area contributed by atoms with Crippen LogP contribution in [0.2, 0.25) is 0 Å². The second-order valence-corrected chi connectivity index (χ2v) is 10.8. The van der Waals surface area contributed by atoms with Crippen LogP contribution in [-0.4, -0.2) is 55.4 Å². The minimum atomic E-state index is -3.14. The number of carbonyl (C=O) groups is 2. The molecule has 178 valence electrons. The summed E-state index contributed by atoms with van der Waals surface area (Å²) < 4.78 is 40.3. The normalized spacial score (nSPS) is 20.3. The fourth-order valence-corrected chi connectivity index (χ4v) is 6.34. The Kier molecular flexibility index (Phi) is 7.37. The SMILES string of the molecule is O=C(OCC(=O)N(C1CCCCC1)C1CCS(=O)(=O)C1)c1occc1COc1ccccc1. The summed E-state index contributed by atoms with van der Waals surface area (Å²) in [6, 6.07) is 10.4. The van der Waals surface area contributed by atoms with Crippen molar-refractivity contribution in [2.75, 3.05) is 18.1 Å². The first kappa shape index (κ1) is 23.4. The van der Waals surface area contributed by atoms with Gasteiger partial charge in [-0.1, -0.05) is 37.5 Å². The van der Waals surface area contributed by atoms with Gasteiger partial charge < -0.3 is 18.8 Å². The maximum atomic E-state index is 13.1. The lowest BCUT2D eigenvalue weighted by molar-refractivity contribution is -0.140. The molecule has 1 aromatic heterocycles. The third-order valence-electron chi connectivity index (χ3n) is 6.25. The van der Waals surface area contributed by atoms with Crippen LogP contribution in [0, 0.1) is 0 Å². The zero-order valence-electron chi connectivity index (χ0n) is 18.5. The number of para-hydroxylation sites is 1. The summed E-state index contributed by atoms with van der Waals surface area (Å²) in [5.41, 5.74) is 0.516. The lowest BCUT2D eigenvalue weighted by Crippen LogP contribution is -2.50. The highest BCUT2D eigenvalue weighted by Crippen LogP contribution is 2.28. The third kappa shape index (κ3) is 5.96. The number of sulfone groups is 1. The molecular formula is C24H29NO7S. The van der Waals surface area contributed by atoms with Crippen molar-refractivity contribution in [2.45, 2.75) is 57.2 Å². The summed E-state index contributed by atoms with van der Waals surface area (Å²) in [6.45, 7) is -0.335. The van der Waals surface area contributed by atoms with Gasteiger partial charge in [-0.05, 0) is 37.5 Å². The van der Waals surface area contributed by atoms with Crippen molar-refractivity contribution in [3.8, 4) is 5.75 Å². The van der Waals surface area contributed by atoms with Gasteiger partial charge in [0.1, 0.15) is 12.4 Å². The predicted octanol–water partition coefficient (Wildman–Crippen LogP) is 3.36. The average Bonchev–Trinajstić information content (AvgIpc) is 3.43. The number of hydrogen-bond acceptors (Lipinski definition) is 7. The Morgan fingerprint density at radius 3 is 2.45 bits per heavy atom. The van der Waals surface area contributed by atoms with Gasteiger partial charge in [0.15, 0.2) is 16.4 Å². The van der Waals surface area contributed by atoms with Gasteiger partial charge in [-0.15, -0.1) is 0 Å². The molecule has 1 atom stereocenters. The van der Waals surface area contributed by atoms with Gasteiger partial charge in [-0.25, -0.2) is 13.2 Å². The molecule has 0 radical (unpaired) electrons. The number of benzene rings is 1. The van der Waals surface area contributed by atoms with Crippen molar-refractivity contribution >= 4 is 21.7 Å². The molecule has 1 amide bonds.